The number of nitrogens with two attached hydrogens (primary N) is 1. The molecule has 0 radical (unpaired) electrons. The Kier molecular flexibility index (Phi) is 2.73. The second-order valence-electron chi connectivity index (χ2n) is 4.78. The number of nitrogens with one attached hydrogen (secondary N) is 1. The Hall–Kier alpha value is -1.55. The first kappa shape index (κ1) is 10.6. The van der Waals surface area contributed by atoms with E-state index in [1.807, 2.05) is 24.5 Å². The van der Waals surface area contributed by atoms with Crippen molar-refractivity contribution in [2.24, 2.45) is 0 Å². The zero-order chi connectivity index (χ0) is 11.7. The van der Waals surface area contributed by atoms with E-state index in [0.29, 0.717) is 6.04 Å². The Morgan fingerprint density at radius 2 is 2.35 bits per heavy atom. The van der Waals surface area contributed by atoms with E-state index in [1.54, 1.807) is 0 Å². The van der Waals surface area contributed by atoms with Gasteiger partial charge in [-0.3, -0.25) is 0 Å². The average molecular weight is 230 g/mol. The first-order valence-corrected chi connectivity index (χ1v) is 6.28. The molecule has 0 saturated carbocycles. The van der Waals surface area contributed by atoms with Crippen LogP contribution in [0.2, 0.25) is 0 Å². The second-order valence-corrected chi connectivity index (χ2v) is 4.78. The quantitative estimate of drug-likeness (QED) is 0.824. The molecule has 1 saturated heterocycles. The molecule has 1 fully saturated rings. The molecule has 2 aromatic rings. The molecule has 4 heteroatoms. The molecule has 0 amide bonds. The van der Waals surface area contributed by atoms with Crippen LogP contribution in [0.4, 0.5) is 5.69 Å². The van der Waals surface area contributed by atoms with Crippen LogP contribution in [0.1, 0.15) is 25.1 Å². The van der Waals surface area contributed by atoms with E-state index in [9.17, 15) is 0 Å². The Morgan fingerprint density at radius 3 is 3.18 bits per heavy atom. The number of pyridine rings is 1. The number of rotatable bonds is 2. The van der Waals surface area contributed by atoms with Crippen molar-refractivity contribution in [3.8, 4) is 0 Å². The fraction of sp³-hybridized carbons (Fsp3) is 0.462. The SMILES string of the molecule is Nc1ccc2cnc(CC3CCCCN3)n2c1. The molecule has 0 aliphatic carbocycles. The molecular formula is C13H18N4. The molecule has 1 unspecified atom stereocenters. The molecule has 4 nitrogen and oxygen atoms in total. The predicted molar refractivity (Wildman–Crippen MR) is 69.0 cm³/mol. The van der Waals surface area contributed by atoms with Gasteiger partial charge < -0.3 is 15.5 Å². The smallest absolute Gasteiger partial charge is 0.114 e. The van der Waals surface area contributed by atoms with Crippen LogP contribution < -0.4 is 11.1 Å². The van der Waals surface area contributed by atoms with Crippen molar-refractivity contribution in [2.75, 3.05) is 12.3 Å². The van der Waals surface area contributed by atoms with Crippen molar-refractivity contribution in [3.05, 3.63) is 30.4 Å². The van der Waals surface area contributed by atoms with Crippen molar-refractivity contribution in [3.63, 3.8) is 0 Å². The number of hydrogen-bond acceptors (Lipinski definition) is 3. The lowest BCUT2D eigenvalue weighted by Gasteiger charge is -2.22. The average Bonchev–Trinajstić information content (AvgIpc) is 2.73. The third-order valence-electron chi connectivity index (χ3n) is 3.47. The molecule has 1 atom stereocenters. The van der Waals surface area contributed by atoms with E-state index in [1.165, 1.54) is 19.3 Å². The van der Waals surface area contributed by atoms with E-state index in [0.717, 1.165) is 30.0 Å². The van der Waals surface area contributed by atoms with Gasteiger partial charge in [0.15, 0.2) is 0 Å². The van der Waals surface area contributed by atoms with Crippen LogP contribution in [0.15, 0.2) is 24.5 Å². The Labute approximate surface area is 101 Å². The molecular weight excluding hydrogens is 212 g/mol. The molecule has 17 heavy (non-hydrogen) atoms. The van der Waals surface area contributed by atoms with Crippen LogP contribution >= 0.6 is 0 Å². The summed E-state index contributed by atoms with van der Waals surface area (Å²) >= 11 is 0. The fourth-order valence-electron chi connectivity index (χ4n) is 2.53. The van der Waals surface area contributed by atoms with Gasteiger partial charge >= 0.3 is 0 Å². The lowest BCUT2D eigenvalue weighted by atomic mass is 10.0. The highest BCUT2D eigenvalue weighted by Gasteiger charge is 2.15. The number of imidazole rings is 1. The van der Waals surface area contributed by atoms with Crippen LogP contribution in [0.3, 0.4) is 0 Å². The minimum Gasteiger partial charge on any atom is -0.398 e. The van der Waals surface area contributed by atoms with Crippen LogP contribution in [0.5, 0.6) is 0 Å². The molecule has 3 rings (SSSR count). The van der Waals surface area contributed by atoms with Crippen LogP contribution in [0, 0.1) is 0 Å². The topological polar surface area (TPSA) is 55.3 Å². The summed E-state index contributed by atoms with van der Waals surface area (Å²) in [6, 6.07) is 4.50. The first-order valence-electron chi connectivity index (χ1n) is 6.28. The maximum atomic E-state index is 5.82. The summed E-state index contributed by atoms with van der Waals surface area (Å²) < 4.78 is 2.10. The zero-order valence-electron chi connectivity index (χ0n) is 9.89. The zero-order valence-corrected chi connectivity index (χ0v) is 9.89. The van der Waals surface area contributed by atoms with Crippen molar-refractivity contribution >= 4 is 11.2 Å². The highest BCUT2D eigenvalue weighted by molar-refractivity contribution is 5.52. The summed E-state index contributed by atoms with van der Waals surface area (Å²) in [6.07, 6.45) is 8.72. The molecule has 0 bridgehead atoms. The van der Waals surface area contributed by atoms with Crippen LogP contribution in [-0.4, -0.2) is 22.0 Å². The number of nitrogen functional groups attached to an aromatic ring is 1. The number of aromatic nitrogens is 2. The molecule has 90 valence electrons. The molecule has 3 N–H and O–H groups in total. The summed E-state index contributed by atoms with van der Waals surface area (Å²) in [5.74, 6) is 1.10. The summed E-state index contributed by atoms with van der Waals surface area (Å²) in [5.41, 5.74) is 7.72. The standard InChI is InChI=1S/C13H18N4/c14-10-4-5-12-8-16-13(17(12)9-10)7-11-3-1-2-6-15-11/h4-5,8-9,11,15H,1-3,6-7,14H2. The highest BCUT2D eigenvalue weighted by atomic mass is 15.0. The lowest BCUT2D eigenvalue weighted by Crippen LogP contribution is -2.36. The number of nitrogens with zero attached hydrogens (tertiary/aromatic N) is 2. The molecule has 1 aliphatic heterocycles. The predicted octanol–water partition coefficient (Wildman–Crippen LogP) is 1.60. The number of fused-ring (bicyclic) bond motifs is 1. The highest BCUT2D eigenvalue weighted by Crippen LogP contribution is 2.15. The molecule has 3 heterocycles. The summed E-state index contributed by atoms with van der Waals surface area (Å²) in [4.78, 5) is 4.50. The molecule has 0 aromatic carbocycles. The first-order chi connectivity index (χ1) is 8.33. The number of piperidine rings is 1. The maximum absolute atomic E-state index is 5.82. The lowest BCUT2D eigenvalue weighted by molar-refractivity contribution is 0.394. The third-order valence-corrected chi connectivity index (χ3v) is 3.47. The van der Waals surface area contributed by atoms with Crippen LogP contribution in [0.25, 0.3) is 5.52 Å². The summed E-state index contributed by atoms with van der Waals surface area (Å²) in [6.45, 7) is 1.14. The number of anilines is 1. The van der Waals surface area contributed by atoms with Crippen molar-refractivity contribution in [2.45, 2.75) is 31.7 Å². The number of hydrogen-bond donors (Lipinski definition) is 2. The van der Waals surface area contributed by atoms with Gasteiger partial charge in [-0.1, -0.05) is 6.42 Å². The fourth-order valence-corrected chi connectivity index (χ4v) is 2.53. The normalized spacial score (nSPS) is 20.8. The second kappa shape index (κ2) is 4.37. The van der Waals surface area contributed by atoms with Gasteiger partial charge in [-0.2, -0.15) is 0 Å². The van der Waals surface area contributed by atoms with E-state index in [-0.39, 0.29) is 0 Å². The van der Waals surface area contributed by atoms with E-state index in [2.05, 4.69) is 14.7 Å². The van der Waals surface area contributed by atoms with Gasteiger partial charge in [0.2, 0.25) is 0 Å². The monoisotopic (exact) mass is 230 g/mol. The third kappa shape index (κ3) is 2.13. The van der Waals surface area contributed by atoms with Gasteiger partial charge in [0.1, 0.15) is 5.82 Å². The van der Waals surface area contributed by atoms with Gasteiger partial charge in [0.25, 0.3) is 0 Å². The van der Waals surface area contributed by atoms with Gasteiger partial charge in [0, 0.05) is 24.3 Å². The van der Waals surface area contributed by atoms with E-state index >= 15 is 0 Å². The van der Waals surface area contributed by atoms with Crippen LogP contribution in [-0.2, 0) is 6.42 Å². The van der Waals surface area contributed by atoms with Gasteiger partial charge in [-0.25, -0.2) is 4.98 Å². The van der Waals surface area contributed by atoms with E-state index < -0.39 is 0 Å². The van der Waals surface area contributed by atoms with E-state index in [4.69, 9.17) is 5.73 Å². The Morgan fingerprint density at radius 1 is 1.41 bits per heavy atom. The molecule has 1 aliphatic rings. The minimum atomic E-state index is 0.566. The minimum absolute atomic E-state index is 0.566. The molecule has 2 aromatic heterocycles. The maximum Gasteiger partial charge on any atom is 0.114 e. The molecule has 0 spiro atoms. The Bertz CT molecular complexity index is 511. The van der Waals surface area contributed by atoms with Gasteiger partial charge in [-0.15, -0.1) is 0 Å². The van der Waals surface area contributed by atoms with Crippen molar-refractivity contribution in [1.82, 2.24) is 14.7 Å². The van der Waals surface area contributed by atoms with Crippen molar-refractivity contribution in [1.29, 1.82) is 0 Å². The van der Waals surface area contributed by atoms with Crippen molar-refractivity contribution < 1.29 is 0 Å². The largest absolute Gasteiger partial charge is 0.398 e. The summed E-state index contributed by atoms with van der Waals surface area (Å²) in [5, 5.41) is 3.55. The summed E-state index contributed by atoms with van der Waals surface area (Å²) in [7, 11) is 0. The van der Waals surface area contributed by atoms with Gasteiger partial charge in [-0.05, 0) is 31.5 Å². The van der Waals surface area contributed by atoms with Gasteiger partial charge in [0.05, 0.1) is 11.7 Å². The Balaban J connectivity index is 1.86.